The van der Waals surface area contributed by atoms with Crippen LogP contribution in [0.15, 0.2) is 40.2 Å². The molecule has 0 saturated heterocycles. The molecule has 3 heterocycles. The van der Waals surface area contributed by atoms with Crippen LogP contribution in [0, 0.1) is 0 Å². The molecule has 1 N–H and O–H groups in total. The van der Waals surface area contributed by atoms with E-state index in [4.69, 9.17) is 0 Å². The monoisotopic (exact) mass is 378 g/mol. The number of hydrogen-bond donors (Lipinski definition) is 1. The van der Waals surface area contributed by atoms with Crippen molar-refractivity contribution >= 4 is 46.2 Å². The first-order valence-electron chi connectivity index (χ1n) is 7.16. The molecule has 124 valence electrons. The SMILES string of the molecule is CCn1c(SCC(=O)NC(=O)c2cccs2)nnc1-c1cccs1. The van der Waals surface area contributed by atoms with Crippen LogP contribution in [0.3, 0.4) is 0 Å². The van der Waals surface area contributed by atoms with Crippen LogP contribution in [0.5, 0.6) is 0 Å². The molecule has 3 aromatic rings. The maximum absolute atomic E-state index is 12.0. The molecule has 0 bridgehead atoms. The number of nitrogens with zero attached hydrogens (tertiary/aromatic N) is 3. The van der Waals surface area contributed by atoms with Crippen molar-refractivity contribution < 1.29 is 9.59 Å². The zero-order valence-electron chi connectivity index (χ0n) is 12.8. The summed E-state index contributed by atoms with van der Waals surface area (Å²) in [5, 5.41) is 15.2. The Morgan fingerprint density at radius 3 is 2.67 bits per heavy atom. The Morgan fingerprint density at radius 2 is 2.00 bits per heavy atom. The molecule has 3 rings (SSSR count). The average Bonchev–Trinajstić information content (AvgIpc) is 3.33. The number of carbonyl (C=O) groups excluding carboxylic acids is 2. The highest BCUT2D eigenvalue weighted by Crippen LogP contribution is 2.27. The highest BCUT2D eigenvalue weighted by atomic mass is 32.2. The van der Waals surface area contributed by atoms with Crippen LogP contribution in [0.4, 0.5) is 0 Å². The second-order valence-electron chi connectivity index (χ2n) is 4.67. The van der Waals surface area contributed by atoms with Crippen LogP contribution in [0.25, 0.3) is 10.7 Å². The van der Waals surface area contributed by atoms with Gasteiger partial charge >= 0.3 is 0 Å². The van der Waals surface area contributed by atoms with E-state index in [1.807, 2.05) is 29.0 Å². The zero-order valence-corrected chi connectivity index (χ0v) is 15.2. The van der Waals surface area contributed by atoms with Crippen molar-refractivity contribution in [2.75, 3.05) is 5.75 Å². The highest BCUT2D eigenvalue weighted by molar-refractivity contribution is 7.99. The number of nitrogens with one attached hydrogen (secondary N) is 1. The van der Waals surface area contributed by atoms with E-state index in [1.54, 1.807) is 28.8 Å². The Kier molecular flexibility index (Phi) is 5.44. The number of thiophene rings is 2. The fraction of sp³-hybridized carbons (Fsp3) is 0.200. The lowest BCUT2D eigenvalue weighted by molar-refractivity contribution is -0.117. The maximum Gasteiger partial charge on any atom is 0.267 e. The first kappa shape index (κ1) is 16.9. The van der Waals surface area contributed by atoms with Gasteiger partial charge in [0.2, 0.25) is 5.91 Å². The number of hydrogen-bond acceptors (Lipinski definition) is 7. The van der Waals surface area contributed by atoms with Crippen molar-refractivity contribution in [3.8, 4) is 10.7 Å². The summed E-state index contributed by atoms with van der Waals surface area (Å²) in [4.78, 5) is 25.4. The summed E-state index contributed by atoms with van der Waals surface area (Å²) in [6, 6.07) is 7.41. The quantitative estimate of drug-likeness (QED) is 0.667. The summed E-state index contributed by atoms with van der Waals surface area (Å²) >= 11 is 4.16. The fourth-order valence-corrected chi connectivity index (χ4v) is 4.17. The van der Waals surface area contributed by atoms with Crippen LogP contribution in [-0.2, 0) is 11.3 Å². The van der Waals surface area contributed by atoms with Gasteiger partial charge in [0.05, 0.1) is 15.5 Å². The topological polar surface area (TPSA) is 76.9 Å². The second kappa shape index (κ2) is 7.73. The molecule has 0 spiro atoms. The molecule has 3 aromatic heterocycles. The van der Waals surface area contributed by atoms with Gasteiger partial charge in [-0.1, -0.05) is 23.9 Å². The van der Waals surface area contributed by atoms with Crippen molar-refractivity contribution in [3.05, 3.63) is 39.9 Å². The third-order valence-corrected chi connectivity index (χ3v) is 5.81. The lowest BCUT2D eigenvalue weighted by Gasteiger charge is -2.06. The lowest BCUT2D eigenvalue weighted by atomic mass is 10.4. The van der Waals surface area contributed by atoms with Crippen LogP contribution in [-0.4, -0.2) is 32.3 Å². The van der Waals surface area contributed by atoms with E-state index in [0.29, 0.717) is 16.6 Å². The number of thioether (sulfide) groups is 1. The lowest BCUT2D eigenvalue weighted by Crippen LogP contribution is -2.31. The summed E-state index contributed by atoms with van der Waals surface area (Å²) < 4.78 is 1.96. The first-order chi connectivity index (χ1) is 11.7. The third kappa shape index (κ3) is 3.74. The molecule has 0 unspecified atom stereocenters. The molecule has 0 radical (unpaired) electrons. The van der Waals surface area contributed by atoms with Gasteiger partial charge in [-0.05, 0) is 29.8 Å². The van der Waals surface area contributed by atoms with Gasteiger partial charge < -0.3 is 4.57 Å². The largest absolute Gasteiger partial charge is 0.302 e. The summed E-state index contributed by atoms with van der Waals surface area (Å²) in [6.45, 7) is 2.71. The van der Waals surface area contributed by atoms with Crippen molar-refractivity contribution in [1.29, 1.82) is 0 Å². The predicted molar refractivity (Wildman–Crippen MR) is 96.5 cm³/mol. The standard InChI is InChI=1S/C15H14N4O2S3/c1-2-19-13(10-5-3-7-22-10)17-18-15(19)24-9-12(20)16-14(21)11-6-4-8-23-11/h3-8H,2,9H2,1H3,(H,16,20,21). The minimum atomic E-state index is -0.369. The number of aromatic nitrogens is 3. The maximum atomic E-state index is 12.0. The second-order valence-corrected chi connectivity index (χ2v) is 7.51. The minimum Gasteiger partial charge on any atom is -0.302 e. The molecule has 2 amide bonds. The average molecular weight is 379 g/mol. The summed E-state index contributed by atoms with van der Waals surface area (Å²) in [6.07, 6.45) is 0. The first-order valence-corrected chi connectivity index (χ1v) is 9.91. The Balaban J connectivity index is 1.62. The van der Waals surface area contributed by atoms with Gasteiger partial charge in [-0.2, -0.15) is 0 Å². The molecule has 6 nitrogen and oxygen atoms in total. The smallest absolute Gasteiger partial charge is 0.267 e. The van der Waals surface area contributed by atoms with Crippen LogP contribution in [0.2, 0.25) is 0 Å². The Hall–Kier alpha value is -1.97. The Labute approximate surface area is 150 Å². The molecule has 0 atom stereocenters. The van der Waals surface area contributed by atoms with Gasteiger partial charge in [0.1, 0.15) is 0 Å². The van der Waals surface area contributed by atoms with Gasteiger partial charge in [0.25, 0.3) is 5.91 Å². The molecule has 0 saturated carbocycles. The summed E-state index contributed by atoms with van der Waals surface area (Å²) in [7, 11) is 0. The molecule has 0 aliphatic carbocycles. The van der Waals surface area contributed by atoms with Crippen molar-refractivity contribution in [2.24, 2.45) is 0 Å². The number of imide groups is 1. The van der Waals surface area contributed by atoms with E-state index in [9.17, 15) is 9.59 Å². The van der Waals surface area contributed by atoms with E-state index >= 15 is 0 Å². The van der Waals surface area contributed by atoms with Crippen LogP contribution >= 0.6 is 34.4 Å². The predicted octanol–water partition coefficient (Wildman–Crippen LogP) is 3.14. The van der Waals surface area contributed by atoms with Crippen LogP contribution in [0.1, 0.15) is 16.6 Å². The van der Waals surface area contributed by atoms with Gasteiger partial charge in [-0.15, -0.1) is 32.9 Å². The molecule has 24 heavy (non-hydrogen) atoms. The van der Waals surface area contributed by atoms with E-state index in [0.717, 1.165) is 10.7 Å². The van der Waals surface area contributed by atoms with E-state index in [-0.39, 0.29) is 17.6 Å². The number of rotatable bonds is 6. The van der Waals surface area contributed by atoms with Crippen molar-refractivity contribution in [2.45, 2.75) is 18.6 Å². The van der Waals surface area contributed by atoms with E-state index in [1.165, 1.54) is 23.1 Å². The van der Waals surface area contributed by atoms with Gasteiger partial charge in [-0.3, -0.25) is 14.9 Å². The summed E-state index contributed by atoms with van der Waals surface area (Å²) in [5.74, 6) is 0.193. The molecule has 0 aliphatic rings. The Morgan fingerprint density at radius 1 is 1.21 bits per heavy atom. The molecular weight excluding hydrogens is 364 g/mol. The van der Waals surface area contributed by atoms with Gasteiger partial charge in [0.15, 0.2) is 11.0 Å². The van der Waals surface area contributed by atoms with Crippen molar-refractivity contribution in [3.63, 3.8) is 0 Å². The normalized spacial score (nSPS) is 10.7. The fourth-order valence-electron chi connectivity index (χ4n) is 2.03. The minimum absolute atomic E-state index is 0.111. The van der Waals surface area contributed by atoms with Crippen LogP contribution < -0.4 is 5.32 Å². The molecule has 9 heteroatoms. The van der Waals surface area contributed by atoms with E-state index < -0.39 is 0 Å². The molecule has 0 fully saturated rings. The molecule has 0 aliphatic heterocycles. The number of carbonyl (C=O) groups is 2. The van der Waals surface area contributed by atoms with Gasteiger partial charge in [-0.25, -0.2) is 0 Å². The third-order valence-electron chi connectivity index (χ3n) is 3.10. The zero-order chi connectivity index (χ0) is 16.9. The van der Waals surface area contributed by atoms with Gasteiger partial charge in [0, 0.05) is 6.54 Å². The number of amides is 2. The highest BCUT2D eigenvalue weighted by Gasteiger charge is 2.16. The van der Waals surface area contributed by atoms with E-state index in [2.05, 4.69) is 15.5 Å². The Bertz CT molecular complexity index is 825. The summed E-state index contributed by atoms with van der Waals surface area (Å²) in [5.41, 5.74) is 0. The molecular formula is C15H14N4O2S3. The van der Waals surface area contributed by atoms with Crippen molar-refractivity contribution in [1.82, 2.24) is 20.1 Å². The molecule has 0 aromatic carbocycles.